The molecule has 4 aromatic rings. The van der Waals surface area contributed by atoms with Gasteiger partial charge >= 0.3 is 0 Å². The molecule has 0 unspecified atom stereocenters. The third kappa shape index (κ3) is 6.34. The van der Waals surface area contributed by atoms with Crippen molar-refractivity contribution < 1.29 is 9.53 Å². The highest BCUT2D eigenvalue weighted by atomic mass is 32.2. The van der Waals surface area contributed by atoms with Gasteiger partial charge in [0, 0.05) is 24.1 Å². The molecule has 2 aromatic carbocycles. The third-order valence-electron chi connectivity index (χ3n) is 7.25. The van der Waals surface area contributed by atoms with Gasteiger partial charge in [-0.05, 0) is 78.4 Å². The summed E-state index contributed by atoms with van der Waals surface area (Å²) in [7, 11) is 1.61. The van der Waals surface area contributed by atoms with Crippen LogP contribution in [0.25, 0.3) is 16.6 Å². The fourth-order valence-electron chi connectivity index (χ4n) is 4.85. The molecule has 3 heterocycles. The van der Waals surface area contributed by atoms with Crippen molar-refractivity contribution in [1.29, 1.82) is 0 Å². The number of methoxy groups -OCH3 is 1. The molecule has 10 heteroatoms. The van der Waals surface area contributed by atoms with Gasteiger partial charge in [0.05, 0.1) is 29.7 Å². The highest BCUT2D eigenvalue weighted by molar-refractivity contribution is 7.99. The molecule has 2 aromatic heterocycles. The number of benzene rings is 2. The van der Waals surface area contributed by atoms with E-state index in [1.54, 1.807) is 7.11 Å². The first-order valence-electron chi connectivity index (χ1n) is 13.9. The second kappa shape index (κ2) is 12.4. The maximum atomic E-state index is 13.6. The second-order valence-corrected chi connectivity index (χ2v) is 11.9. The number of nitrogens with one attached hydrogen (secondary N) is 4. The molecule has 1 amide bonds. The van der Waals surface area contributed by atoms with Gasteiger partial charge in [0.1, 0.15) is 11.8 Å². The highest BCUT2D eigenvalue weighted by Crippen LogP contribution is 2.40. The van der Waals surface area contributed by atoms with Crippen LogP contribution in [-0.2, 0) is 5.41 Å². The average molecular weight is 584 g/mol. The summed E-state index contributed by atoms with van der Waals surface area (Å²) in [5, 5.41) is 9.84. The summed E-state index contributed by atoms with van der Waals surface area (Å²) in [4.78, 5) is 27.4. The third-order valence-corrected chi connectivity index (χ3v) is 7.67. The van der Waals surface area contributed by atoms with E-state index in [4.69, 9.17) is 9.72 Å². The Kier molecular flexibility index (Phi) is 8.65. The summed E-state index contributed by atoms with van der Waals surface area (Å²) < 4.78 is 9.00. The minimum Gasteiger partial charge on any atom is -0.492 e. The zero-order valence-corrected chi connectivity index (χ0v) is 25.7. The van der Waals surface area contributed by atoms with Crippen molar-refractivity contribution in [2.45, 2.75) is 39.5 Å². The molecule has 0 radical (unpaired) electrons. The molecular formula is C32H37N7O2S. The van der Waals surface area contributed by atoms with Crippen molar-refractivity contribution in [2.75, 3.05) is 41.8 Å². The summed E-state index contributed by atoms with van der Waals surface area (Å²) in [5.41, 5.74) is 8.15. The van der Waals surface area contributed by atoms with Crippen LogP contribution < -0.4 is 25.4 Å². The molecule has 0 atom stereocenters. The number of amides is 1. The number of carbonyl (C=O) groups is 1. The Balaban J connectivity index is 1.46. The van der Waals surface area contributed by atoms with Crippen LogP contribution >= 0.6 is 11.9 Å². The Morgan fingerprint density at radius 3 is 2.57 bits per heavy atom. The first kappa shape index (κ1) is 29.3. The largest absolute Gasteiger partial charge is 0.492 e. The van der Waals surface area contributed by atoms with Crippen molar-refractivity contribution in [2.24, 2.45) is 0 Å². The fraction of sp³-hybridized carbons (Fsp3) is 0.312. The summed E-state index contributed by atoms with van der Waals surface area (Å²) in [5.74, 6) is 0.919. The predicted molar refractivity (Wildman–Crippen MR) is 174 cm³/mol. The van der Waals surface area contributed by atoms with Crippen molar-refractivity contribution >= 4 is 57.3 Å². The summed E-state index contributed by atoms with van der Waals surface area (Å²) in [6.45, 7) is 10.2. The molecule has 0 fully saturated rings. The monoisotopic (exact) mass is 583 g/mol. The lowest BCUT2D eigenvalue weighted by molar-refractivity contribution is 0.102. The SMILES string of the molecule is COc1c(NSC)cc(C(C)(C)C)cc1NC(=O)c1ccc(C)c(Nc2ncnc3ccc(C4=CCNCC4)nc23)c1. The molecule has 1 aliphatic rings. The van der Waals surface area contributed by atoms with Gasteiger partial charge < -0.3 is 25.4 Å². The van der Waals surface area contributed by atoms with Gasteiger partial charge in [-0.1, -0.05) is 44.9 Å². The maximum absolute atomic E-state index is 13.6. The van der Waals surface area contributed by atoms with Gasteiger partial charge in [-0.2, -0.15) is 0 Å². The number of hydrogen-bond acceptors (Lipinski definition) is 9. The van der Waals surface area contributed by atoms with Crippen LogP contribution in [-0.4, -0.2) is 47.3 Å². The van der Waals surface area contributed by atoms with E-state index >= 15 is 0 Å². The van der Waals surface area contributed by atoms with E-state index in [9.17, 15) is 4.79 Å². The molecule has 4 N–H and O–H groups in total. The zero-order valence-electron chi connectivity index (χ0n) is 24.9. The van der Waals surface area contributed by atoms with Gasteiger partial charge in [0.25, 0.3) is 5.91 Å². The molecule has 0 saturated heterocycles. The van der Waals surface area contributed by atoms with E-state index in [1.807, 2.05) is 49.6 Å². The van der Waals surface area contributed by atoms with E-state index in [-0.39, 0.29) is 11.3 Å². The fourth-order valence-corrected chi connectivity index (χ4v) is 5.22. The van der Waals surface area contributed by atoms with Crippen LogP contribution in [0.1, 0.15) is 54.4 Å². The summed E-state index contributed by atoms with van der Waals surface area (Å²) in [6.07, 6.45) is 6.57. The number of carbonyl (C=O) groups excluding carboxylic acids is 1. The number of hydrogen-bond donors (Lipinski definition) is 4. The number of rotatable bonds is 8. The van der Waals surface area contributed by atoms with Crippen LogP contribution in [0.4, 0.5) is 22.9 Å². The Labute approximate surface area is 251 Å². The van der Waals surface area contributed by atoms with Gasteiger partial charge in [-0.3, -0.25) is 4.79 Å². The van der Waals surface area contributed by atoms with E-state index in [2.05, 4.69) is 63.6 Å². The van der Waals surface area contributed by atoms with Gasteiger partial charge in [0.15, 0.2) is 11.6 Å². The lowest BCUT2D eigenvalue weighted by atomic mass is 9.86. The molecule has 0 aliphatic carbocycles. The number of anilines is 4. The Bertz CT molecular complexity index is 1660. The summed E-state index contributed by atoms with van der Waals surface area (Å²) >= 11 is 1.47. The topological polar surface area (TPSA) is 113 Å². The molecule has 218 valence electrons. The lowest BCUT2D eigenvalue weighted by Crippen LogP contribution is -2.20. The predicted octanol–water partition coefficient (Wildman–Crippen LogP) is 6.70. The van der Waals surface area contributed by atoms with Gasteiger partial charge in [-0.15, -0.1) is 0 Å². The number of fused-ring (bicyclic) bond motifs is 1. The molecule has 5 rings (SSSR count). The lowest BCUT2D eigenvalue weighted by Gasteiger charge is -2.24. The Hall–Kier alpha value is -4.15. The minimum absolute atomic E-state index is 0.125. The van der Waals surface area contributed by atoms with E-state index in [0.717, 1.165) is 53.2 Å². The van der Waals surface area contributed by atoms with Gasteiger partial charge in [0.2, 0.25) is 0 Å². The molecule has 0 bridgehead atoms. The van der Waals surface area contributed by atoms with Crippen LogP contribution in [0.5, 0.6) is 5.75 Å². The number of aromatic nitrogens is 3. The average Bonchev–Trinajstić information content (AvgIpc) is 2.98. The van der Waals surface area contributed by atoms with Crippen molar-refractivity contribution in [1.82, 2.24) is 20.3 Å². The Morgan fingerprint density at radius 1 is 1.05 bits per heavy atom. The highest BCUT2D eigenvalue weighted by Gasteiger charge is 2.21. The number of nitrogens with zero attached hydrogens (tertiary/aromatic N) is 3. The van der Waals surface area contributed by atoms with Crippen LogP contribution in [0.2, 0.25) is 0 Å². The number of aryl methyl sites for hydroxylation is 1. The normalized spacial score (nSPS) is 13.4. The first-order chi connectivity index (χ1) is 20.2. The second-order valence-electron chi connectivity index (χ2n) is 11.2. The van der Waals surface area contributed by atoms with Crippen LogP contribution in [0.15, 0.2) is 54.9 Å². The van der Waals surface area contributed by atoms with E-state index in [0.29, 0.717) is 28.3 Å². The van der Waals surface area contributed by atoms with E-state index in [1.165, 1.54) is 23.8 Å². The van der Waals surface area contributed by atoms with E-state index < -0.39 is 0 Å². The van der Waals surface area contributed by atoms with Crippen molar-refractivity contribution in [3.8, 4) is 5.75 Å². The van der Waals surface area contributed by atoms with Gasteiger partial charge in [-0.25, -0.2) is 15.0 Å². The quantitative estimate of drug-likeness (QED) is 0.168. The van der Waals surface area contributed by atoms with Crippen LogP contribution in [0, 0.1) is 6.92 Å². The number of ether oxygens (including phenoxy) is 1. The first-order valence-corrected chi connectivity index (χ1v) is 15.1. The molecule has 42 heavy (non-hydrogen) atoms. The molecule has 0 spiro atoms. The van der Waals surface area contributed by atoms with Crippen molar-refractivity contribution in [3.05, 3.63) is 77.3 Å². The standard InChI is InChI=1S/C32H37N7O2S/c1-19-7-8-21(31(40)38-26-16-22(32(2,3)4)17-27(39-42-6)29(26)41-5)15-25(19)37-30-28-24(34-18-35-30)10-9-23(36-28)20-11-13-33-14-12-20/h7-11,15-18,33,39H,12-14H2,1-6H3,(H,38,40)(H,34,35,37). The Morgan fingerprint density at radius 2 is 1.86 bits per heavy atom. The maximum Gasteiger partial charge on any atom is 0.255 e. The summed E-state index contributed by atoms with van der Waals surface area (Å²) in [6, 6.07) is 13.6. The molecule has 0 saturated carbocycles. The zero-order chi connectivity index (χ0) is 29.9. The van der Waals surface area contributed by atoms with Crippen LogP contribution in [0.3, 0.4) is 0 Å². The molecule has 9 nitrogen and oxygen atoms in total. The molecule has 1 aliphatic heterocycles. The number of pyridine rings is 1. The molecular weight excluding hydrogens is 546 g/mol. The smallest absolute Gasteiger partial charge is 0.255 e. The van der Waals surface area contributed by atoms with Crippen molar-refractivity contribution in [3.63, 3.8) is 0 Å². The minimum atomic E-state index is -0.247.